The Morgan fingerprint density at radius 3 is 2.60 bits per heavy atom. The molecule has 0 aliphatic carbocycles. The van der Waals surface area contributed by atoms with Gasteiger partial charge >= 0.3 is 0 Å². The summed E-state index contributed by atoms with van der Waals surface area (Å²) in [6, 6.07) is 11.1. The van der Waals surface area contributed by atoms with Gasteiger partial charge in [0, 0.05) is 41.3 Å². The first-order valence-corrected chi connectivity index (χ1v) is 8.25. The molecule has 0 spiro atoms. The quantitative estimate of drug-likeness (QED) is 0.729. The van der Waals surface area contributed by atoms with E-state index in [-0.39, 0.29) is 11.8 Å². The SMILES string of the molecule is COCCn1ccc2c3c(c(-c4ccccc4Cl)cc21)C(=O)NC3=O. The van der Waals surface area contributed by atoms with Crippen LogP contribution in [-0.4, -0.2) is 30.1 Å². The van der Waals surface area contributed by atoms with Crippen LogP contribution in [0.25, 0.3) is 22.0 Å². The van der Waals surface area contributed by atoms with E-state index in [1.165, 1.54) is 0 Å². The number of benzene rings is 2. The number of hydrogen-bond acceptors (Lipinski definition) is 3. The van der Waals surface area contributed by atoms with Crippen molar-refractivity contribution in [1.82, 2.24) is 9.88 Å². The van der Waals surface area contributed by atoms with Crippen molar-refractivity contribution in [3.05, 3.63) is 58.7 Å². The number of imide groups is 1. The monoisotopic (exact) mass is 354 g/mol. The van der Waals surface area contributed by atoms with E-state index in [1.807, 2.05) is 41.1 Å². The van der Waals surface area contributed by atoms with Crippen molar-refractivity contribution in [3.63, 3.8) is 0 Å². The number of carbonyl (C=O) groups excluding carboxylic acids is 2. The molecule has 1 N–H and O–H groups in total. The fourth-order valence-corrected chi connectivity index (χ4v) is 3.55. The molecule has 0 saturated heterocycles. The normalized spacial score (nSPS) is 13.4. The summed E-state index contributed by atoms with van der Waals surface area (Å²) in [7, 11) is 1.64. The van der Waals surface area contributed by atoms with Gasteiger partial charge in [0.25, 0.3) is 11.8 Å². The number of methoxy groups -OCH3 is 1. The number of fused-ring (bicyclic) bond motifs is 3. The maximum Gasteiger partial charge on any atom is 0.259 e. The summed E-state index contributed by atoms with van der Waals surface area (Å²) in [5.41, 5.74) is 3.06. The number of aromatic nitrogens is 1. The molecule has 1 aromatic heterocycles. The standard InChI is InChI=1S/C19H15ClN2O3/c1-25-9-8-22-7-6-12-15(22)10-13(11-4-2-3-5-14(11)20)17-16(12)18(23)21-19(17)24/h2-7,10H,8-9H2,1H3,(H,21,23,24). The van der Waals surface area contributed by atoms with Gasteiger partial charge in [0.05, 0.1) is 17.7 Å². The first kappa shape index (κ1) is 15.9. The predicted molar refractivity (Wildman–Crippen MR) is 96.1 cm³/mol. The van der Waals surface area contributed by atoms with Crippen molar-refractivity contribution in [3.8, 4) is 11.1 Å². The summed E-state index contributed by atoms with van der Waals surface area (Å²) in [6.07, 6.45) is 1.90. The number of nitrogens with zero attached hydrogens (tertiary/aromatic N) is 1. The van der Waals surface area contributed by atoms with Gasteiger partial charge in [0.1, 0.15) is 0 Å². The number of rotatable bonds is 4. The summed E-state index contributed by atoms with van der Waals surface area (Å²) < 4.78 is 7.16. The molecular weight excluding hydrogens is 340 g/mol. The zero-order valence-electron chi connectivity index (χ0n) is 13.5. The number of amides is 2. The van der Waals surface area contributed by atoms with Gasteiger partial charge in [-0.3, -0.25) is 14.9 Å². The zero-order valence-corrected chi connectivity index (χ0v) is 14.3. The van der Waals surface area contributed by atoms with Crippen molar-refractivity contribution < 1.29 is 14.3 Å². The summed E-state index contributed by atoms with van der Waals surface area (Å²) >= 11 is 6.35. The van der Waals surface area contributed by atoms with E-state index in [0.717, 1.165) is 16.5 Å². The van der Waals surface area contributed by atoms with Crippen LogP contribution >= 0.6 is 11.6 Å². The second kappa shape index (κ2) is 6.02. The molecular formula is C19H15ClN2O3. The minimum Gasteiger partial charge on any atom is -0.383 e. The van der Waals surface area contributed by atoms with Crippen LogP contribution in [0, 0.1) is 0 Å². The van der Waals surface area contributed by atoms with Crippen LogP contribution in [0.2, 0.25) is 5.02 Å². The lowest BCUT2D eigenvalue weighted by Crippen LogP contribution is -2.20. The van der Waals surface area contributed by atoms with E-state index in [1.54, 1.807) is 13.2 Å². The van der Waals surface area contributed by atoms with Crippen LogP contribution in [0.3, 0.4) is 0 Å². The number of hydrogen-bond donors (Lipinski definition) is 1. The Hall–Kier alpha value is -2.63. The largest absolute Gasteiger partial charge is 0.383 e. The van der Waals surface area contributed by atoms with Gasteiger partial charge in [-0.05, 0) is 23.8 Å². The maximum absolute atomic E-state index is 12.4. The van der Waals surface area contributed by atoms with Crippen LogP contribution in [0.15, 0.2) is 42.6 Å². The van der Waals surface area contributed by atoms with Gasteiger partial charge in [-0.2, -0.15) is 0 Å². The molecule has 2 heterocycles. The van der Waals surface area contributed by atoms with Gasteiger partial charge in [0.15, 0.2) is 0 Å². The van der Waals surface area contributed by atoms with E-state index in [2.05, 4.69) is 5.32 Å². The zero-order chi connectivity index (χ0) is 17.6. The predicted octanol–water partition coefficient (Wildman–Crippen LogP) is 3.49. The van der Waals surface area contributed by atoms with Gasteiger partial charge in [-0.1, -0.05) is 29.8 Å². The Bertz CT molecular complexity index is 1020. The lowest BCUT2D eigenvalue weighted by molar-refractivity contribution is 0.0880. The maximum atomic E-state index is 12.4. The van der Waals surface area contributed by atoms with Crippen molar-refractivity contribution in [2.75, 3.05) is 13.7 Å². The van der Waals surface area contributed by atoms with Crippen LogP contribution in [-0.2, 0) is 11.3 Å². The summed E-state index contributed by atoms with van der Waals surface area (Å²) in [5.74, 6) is -0.759. The molecule has 2 aromatic carbocycles. The molecule has 6 heteroatoms. The highest BCUT2D eigenvalue weighted by atomic mass is 35.5. The van der Waals surface area contributed by atoms with Crippen molar-refractivity contribution >= 4 is 34.3 Å². The van der Waals surface area contributed by atoms with E-state index >= 15 is 0 Å². The lowest BCUT2D eigenvalue weighted by Gasteiger charge is -2.12. The van der Waals surface area contributed by atoms with Crippen LogP contribution in [0.1, 0.15) is 20.7 Å². The summed E-state index contributed by atoms with van der Waals surface area (Å²) in [6.45, 7) is 1.20. The molecule has 0 unspecified atom stereocenters. The summed E-state index contributed by atoms with van der Waals surface area (Å²) in [5, 5.41) is 3.69. The molecule has 3 aromatic rings. The third-order valence-corrected chi connectivity index (χ3v) is 4.79. The molecule has 5 nitrogen and oxygen atoms in total. The van der Waals surface area contributed by atoms with E-state index in [4.69, 9.17) is 16.3 Å². The smallest absolute Gasteiger partial charge is 0.259 e. The van der Waals surface area contributed by atoms with Crippen molar-refractivity contribution in [2.45, 2.75) is 6.54 Å². The third-order valence-electron chi connectivity index (χ3n) is 4.46. The molecule has 1 aliphatic rings. The van der Waals surface area contributed by atoms with Gasteiger partial charge in [0.2, 0.25) is 0 Å². The Kier molecular flexibility index (Phi) is 3.82. The van der Waals surface area contributed by atoms with Gasteiger partial charge in [-0.25, -0.2) is 0 Å². The first-order valence-electron chi connectivity index (χ1n) is 7.87. The van der Waals surface area contributed by atoms with Crippen molar-refractivity contribution in [1.29, 1.82) is 0 Å². The lowest BCUT2D eigenvalue weighted by atomic mass is 9.94. The average molecular weight is 355 g/mol. The second-order valence-corrected chi connectivity index (χ2v) is 6.28. The molecule has 0 bridgehead atoms. The second-order valence-electron chi connectivity index (χ2n) is 5.87. The molecule has 126 valence electrons. The molecule has 1 aliphatic heterocycles. The molecule has 0 radical (unpaired) electrons. The minimum absolute atomic E-state index is 0.372. The molecule has 0 atom stereocenters. The topological polar surface area (TPSA) is 60.3 Å². The summed E-state index contributed by atoms with van der Waals surface area (Å²) in [4.78, 5) is 24.8. The Morgan fingerprint density at radius 2 is 1.84 bits per heavy atom. The Morgan fingerprint density at radius 1 is 1.08 bits per heavy atom. The molecule has 0 saturated carbocycles. The van der Waals surface area contributed by atoms with E-state index in [9.17, 15) is 9.59 Å². The van der Waals surface area contributed by atoms with Crippen LogP contribution in [0.5, 0.6) is 0 Å². The number of ether oxygens (including phenoxy) is 1. The molecule has 25 heavy (non-hydrogen) atoms. The fraction of sp³-hybridized carbons (Fsp3) is 0.158. The van der Waals surface area contributed by atoms with Gasteiger partial charge < -0.3 is 9.30 Å². The Balaban J connectivity index is 2.05. The van der Waals surface area contributed by atoms with Gasteiger partial charge in [-0.15, -0.1) is 0 Å². The highest BCUT2D eigenvalue weighted by molar-refractivity contribution is 6.35. The number of halogens is 1. The highest BCUT2D eigenvalue weighted by Gasteiger charge is 2.33. The molecule has 2 amide bonds. The molecule has 0 fully saturated rings. The average Bonchev–Trinajstić information content (AvgIpc) is 3.13. The number of nitrogens with one attached hydrogen (secondary N) is 1. The van der Waals surface area contributed by atoms with Crippen LogP contribution < -0.4 is 5.32 Å². The molecule has 4 rings (SSSR count). The number of carbonyl (C=O) groups is 2. The fourth-order valence-electron chi connectivity index (χ4n) is 3.31. The minimum atomic E-state index is -0.388. The van der Waals surface area contributed by atoms with E-state index in [0.29, 0.717) is 34.9 Å². The van der Waals surface area contributed by atoms with Crippen LogP contribution in [0.4, 0.5) is 0 Å². The Labute approximate surface area is 149 Å². The van der Waals surface area contributed by atoms with E-state index < -0.39 is 0 Å². The van der Waals surface area contributed by atoms with Crippen molar-refractivity contribution in [2.24, 2.45) is 0 Å². The highest BCUT2D eigenvalue weighted by Crippen LogP contribution is 2.38. The third kappa shape index (κ3) is 2.44. The first-order chi connectivity index (χ1) is 12.1.